The fourth-order valence-corrected chi connectivity index (χ4v) is 2.92. The Bertz CT molecular complexity index is 697. The van der Waals surface area contributed by atoms with Crippen LogP contribution < -0.4 is 11.1 Å². The topological polar surface area (TPSA) is 63.3 Å². The monoisotopic (exact) mass is 422 g/mol. The highest BCUT2D eigenvalue weighted by Gasteiger charge is 2.13. The van der Waals surface area contributed by atoms with Crippen molar-refractivity contribution in [3.8, 4) is 0 Å². The van der Waals surface area contributed by atoms with Gasteiger partial charge >= 0.3 is 0 Å². The molecule has 0 fully saturated rings. The minimum Gasteiger partial charge on any atom is -0.370 e. The molecule has 122 valence electrons. The Morgan fingerprint density at radius 1 is 1.22 bits per heavy atom. The number of nitrogens with zero attached hydrogens (tertiary/aromatic N) is 2. The molecule has 1 aliphatic carbocycles. The van der Waals surface area contributed by atoms with Gasteiger partial charge in [0.05, 0.1) is 12.2 Å². The van der Waals surface area contributed by atoms with E-state index in [2.05, 4.69) is 33.5 Å². The number of rotatable bonds is 3. The molecule has 0 unspecified atom stereocenters. The first-order valence-electron chi connectivity index (χ1n) is 7.82. The van der Waals surface area contributed by atoms with E-state index in [0.717, 1.165) is 29.8 Å². The Balaban J connectivity index is 0.00000192. The number of pyridine rings is 1. The zero-order chi connectivity index (χ0) is 15.4. The molecule has 23 heavy (non-hydrogen) atoms. The molecular formula is C18H23IN4. The first kappa shape index (κ1) is 17.7. The molecule has 0 amide bonds. The van der Waals surface area contributed by atoms with Gasteiger partial charge in [0.1, 0.15) is 0 Å². The van der Waals surface area contributed by atoms with Crippen LogP contribution in [0.4, 0.5) is 5.69 Å². The van der Waals surface area contributed by atoms with Crippen molar-refractivity contribution in [1.82, 2.24) is 4.98 Å². The standard InChI is InChI=1S/C18H22N4.HI/c1-13-6-5-11-20-17(13)12-21-18(19)22-16-10-4-8-14-7-2-3-9-15(14)16;/h4-6,8,10-11H,2-3,7,9,12H2,1H3,(H3,19,21,22);1H. The molecule has 0 aliphatic heterocycles. The van der Waals surface area contributed by atoms with E-state index in [1.165, 1.54) is 24.0 Å². The molecule has 3 N–H and O–H groups in total. The molecule has 0 radical (unpaired) electrons. The first-order chi connectivity index (χ1) is 10.7. The van der Waals surface area contributed by atoms with E-state index >= 15 is 0 Å². The maximum absolute atomic E-state index is 6.05. The van der Waals surface area contributed by atoms with Crippen LogP contribution in [-0.2, 0) is 19.4 Å². The Hall–Kier alpha value is -1.63. The van der Waals surface area contributed by atoms with Crippen molar-refractivity contribution in [2.45, 2.75) is 39.2 Å². The van der Waals surface area contributed by atoms with Crippen LogP contribution in [0.2, 0.25) is 0 Å². The van der Waals surface area contributed by atoms with E-state index in [9.17, 15) is 0 Å². The van der Waals surface area contributed by atoms with Gasteiger partial charge in [0.15, 0.2) is 5.96 Å². The van der Waals surface area contributed by atoms with Crippen molar-refractivity contribution < 1.29 is 0 Å². The summed E-state index contributed by atoms with van der Waals surface area (Å²) in [6.07, 6.45) is 6.59. The highest BCUT2D eigenvalue weighted by atomic mass is 127. The van der Waals surface area contributed by atoms with Crippen LogP contribution in [0.15, 0.2) is 41.5 Å². The largest absolute Gasteiger partial charge is 0.370 e. The van der Waals surface area contributed by atoms with Crippen molar-refractivity contribution >= 4 is 35.6 Å². The molecule has 1 heterocycles. The van der Waals surface area contributed by atoms with Gasteiger partial charge in [0, 0.05) is 11.9 Å². The number of aryl methyl sites for hydroxylation is 2. The Kier molecular flexibility index (Phi) is 6.38. The van der Waals surface area contributed by atoms with Gasteiger partial charge in [0.2, 0.25) is 0 Å². The Morgan fingerprint density at radius 3 is 2.87 bits per heavy atom. The minimum atomic E-state index is 0. The van der Waals surface area contributed by atoms with E-state index in [1.807, 2.05) is 19.1 Å². The highest BCUT2D eigenvalue weighted by Crippen LogP contribution is 2.27. The lowest BCUT2D eigenvalue weighted by molar-refractivity contribution is 0.687. The van der Waals surface area contributed by atoms with Crippen molar-refractivity contribution in [3.63, 3.8) is 0 Å². The molecular weight excluding hydrogens is 399 g/mol. The van der Waals surface area contributed by atoms with Gasteiger partial charge in [-0.3, -0.25) is 4.98 Å². The number of aromatic nitrogens is 1. The third-order valence-corrected chi connectivity index (χ3v) is 4.18. The van der Waals surface area contributed by atoms with Gasteiger partial charge in [-0.05, 0) is 61.4 Å². The van der Waals surface area contributed by atoms with Gasteiger partial charge < -0.3 is 11.1 Å². The number of guanidine groups is 1. The summed E-state index contributed by atoms with van der Waals surface area (Å²) in [6.45, 7) is 2.54. The van der Waals surface area contributed by atoms with E-state index < -0.39 is 0 Å². The third kappa shape index (κ3) is 4.43. The predicted molar refractivity (Wildman–Crippen MR) is 106 cm³/mol. The van der Waals surface area contributed by atoms with Crippen LogP contribution in [0.3, 0.4) is 0 Å². The molecule has 4 nitrogen and oxygen atoms in total. The van der Waals surface area contributed by atoms with Gasteiger partial charge in [-0.25, -0.2) is 4.99 Å². The summed E-state index contributed by atoms with van der Waals surface area (Å²) in [5.41, 5.74) is 12.1. The second-order valence-corrected chi connectivity index (χ2v) is 5.74. The quantitative estimate of drug-likeness (QED) is 0.449. The molecule has 3 rings (SSSR count). The lowest BCUT2D eigenvalue weighted by Crippen LogP contribution is -2.24. The van der Waals surface area contributed by atoms with Crippen LogP contribution in [0, 0.1) is 6.92 Å². The summed E-state index contributed by atoms with van der Waals surface area (Å²) >= 11 is 0. The zero-order valence-corrected chi connectivity index (χ0v) is 15.7. The number of hydrogen-bond acceptors (Lipinski definition) is 2. The van der Waals surface area contributed by atoms with E-state index in [-0.39, 0.29) is 24.0 Å². The molecule has 0 atom stereocenters. The maximum atomic E-state index is 6.05. The molecule has 5 heteroatoms. The van der Waals surface area contributed by atoms with Gasteiger partial charge in [-0.2, -0.15) is 0 Å². The summed E-state index contributed by atoms with van der Waals surface area (Å²) in [4.78, 5) is 8.76. The maximum Gasteiger partial charge on any atom is 0.193 e. The molecule has 0 spiro atoms. The number of anilines is 1. The molecule has 0 saturated heterocycles. The summed E-state index contributed by atoms with van der Waals surface area (Å²) < 4.78 is 0. The first-order valence-corrected chi connectivity index (χ1v) is 7.82. The molecule has 0 bridgehead atoms. The number of nitrogens with two attached hydrogens (primary N) is 1. The van der Waals surface area contributed by atoms with E-state index in [0.29, 0.717) is 12.5 Å². The number of benzene rings is 1. The fraction of sp³-hybridized carbons (Fsp3) is 0.333. The summed E-state index contributed by atoms with van der Waals surface area (Å²) in [5, 5.41) is 3.26. The van der Waals surface area contributed by atoms with Crippen LogP contribution >= 0.6 is 24.0 Å². The molecule has 2 aromatic rings. The smallest absolute Gasteiger partial charge is 0.193 e. The van der Waals surface area contributed by atoms with Gasteiger partial charge in [-0.15, -0.1) is 24.0 Å². The average molecular weight is 422 g/mol. The van der Waals surface area contributed by atoms with Crippen molar-refractivity contribution in [2.75, 3.05) is 5.32 Å². The summed E-state index contributed by atoms with van der Waals surface area (Å²) in [5.74, 6) is 0.448. The van der Waals surface area contributed by atoms with Gasteiger partial charge in [-0.1, -0.05) is 18.2 Å². The predicted octanol–water partition coefficient (Wildman–Crippen LogP) is 3.81. The number of halogens is 1. The van der Waals surface area contributed by atoms with Crippen LogP contribution in [0.1, 0.15) is 35.2 Å². The van der Waals surface area contributed by atoms with Gasteiger partial charge in [0.25, 0.3) is 0 Å². The Labute approximate surface area is 154 Å². The molecule has 1 aliphatic rings. The van der Waals surface area contributed by atoms with Crippen LogP contribution in [-0.4, -0.2) is 10.9 Å². The average Bonchev–Trinajstić information content (AvgIpc) is 2.54. The minimum absolute atomic E-state index is 0. The normalized spacial score (nSPS) is 13.9. The lowest BCUT2D eigenvalue weighted by Gasteiger charge is -2.19. The van der Waals surface area contributed by atoms with E-state index in [1.54, 1.807) is 6.20 Å². The second kappa shape index (κ2) is 8.29. The summed E-state index contributed by atoms with van der Waals surface area (Å²) in [7, 11) is 0. The summed E-state index contributed by atoms with van der Waals surface area (Å²) in [6, 6.07) is 10.3. The zero-order valence-electron chi connectivity index (χ0n) is 13.4. The fourth-order valence-electron chi connectivity index (χ4n) is 2.92. The lowest BCUT2D eigenvalue weighted by atomic mass is 9.90. The number of fused-ring (bicyclic) bond motifs is 1. The van der Waals surface area contributed by atoms with E-state index in [4.69, 9.17) is 5.73 Å². The Morgan fingerprint density at radius 2 is 2.04 bits per heavy atom. The molecule has 1 aromatic heterocycles. The highest BCUT2D eigenvalue weighted by molar-refractivity contribution is 14.0. The number of hydrogen-bond donors (Lipinski definition) is 2. The SMILES string of the molecule is Cc1cccnc1CN=C(N)Nc1cccc2c1CCCC2.I. The van der Waals surface area contributed by atoms with Crippen molar-refractivity contribution in [2.24, 2.45) is 10.7 Å². The third-order valence-electron chi connectivity index (χ3n) is 4.18. The molecule has 0 saturated carbocycles. The number of aliphatic imine (C=N–C) groups is 1. The van der Waals surface area contributed by atoms with Crippen molar-refractivity contribution in [1.29, 1.82) is 0 Å². The van der Waals surface area contributed by atoms with Crippen LogP contribution in [0.25, 0.3) is 0 Å². The molecule has 1 aromatic carbocycles. The second-order valence-electron chi connectivity index (χ2n) is 5.74. The number of nitrogens with one attached hydrogen (secondary N) is 1. The van der Waals surface area contributed by atoms with Crippen LogP contribution in [0.5, 0.6) is 0 Å². The van der Waals surface area contributed by atoms with Crippen molar-refractivity contribution in [3.05, 3.63) is 58.9 Å².